The fraction of sp³-hybridized carbons (Fsp3) is 0.481. The van der Waals surface area contributed by atoms with Gasteiger partial charge in [0, 0.05) is 30.9 Å². The zero-order valence-electron chi connectivity index (χ0n) is 20.3. The number of hydrogen-bond acceptors (Lipinski definition) is 4. The minimum Gasteiger partial charge on any atom is -0.356 e. The lowest BCUT2D eigenvalue weighted by atomic mass is 9.89. The first-order chi connectivity index (χ1) is 16.8. The normalized spacial score (nSPS) is 19.2. The Morgan fingerprint density at radius 3 is 2.51 bits per heavy atom. The first-order valence-electron chi connectivity index (χ1n) is 12.6. The van der Waals surface area contributed by atoms with E-state index in [1.165, 1.54) is 32.1 Å². The van der Waals surface area contributed by atoms with E-state index >= 15 is 0 Å². The Bertz CT molecular complexity index is 1160. The number of hydrogen-bond donors (Lipinski definition) is 2. The smallest absolute Gasteiger partial charge is 0.262 e. The monoisotopic (exact) mass is 497 g/mol. The highest BCUT2D eigenvalue weighted by molar-refractivity contribution is 7.92. The van der Waals surface area contributed by atoms with Crippen LogP contribution in [0, 0.1) is 18.8 Å². The molecule has 0 bridgehead atoms. The van der Waals surface area contributed by atoms with Crippen molar-refractivity contribution in [2.75, 3.05) is 24.4 Å². The highest BCUT2D eigenvalue weighted by Crippen LogP contribution is 2.25. The quantitative estimate of drug-likeness (QED) is 0.595. The molecule has 2 aliphatic rings. The highest BCUT2D eigenvalue weighted by atomic mass is 32.2. The van der Waals surface area contributed by atoms with Crippen LogP contribution in [0.3, 0.4) is 0 Å². The third kappa shape index (κ3) is 6.42. The maximum absolute atomic E-state index is 13.2. The van der Waals surface area contributed by atoms with Gasteiger partial charge in [-0.3, -0.25) is 14.3 Å². The van der Waals surface area contributed by atoms with Gasteiger partial charge in [0.2, 0.25) is 5.91 Å². The standard InChI is InChI=1S/C27H35N3O4S/c1-20-9-5-6-15-25(20)35(33,34)29-24-14-7-12-22(17-24)27(32)30-16-8-13-23(19-30)26(31)28-18-21-10-3-2-4-11-21/h5-7,9,12,14-15,17,21,23,29H,2-4,8,10-11,13,16,18-19H2,1H3,(H,28,31). The van der Waals surface area contributed by atoms with Crippen LogP contribution in [-0.4, -0.2) is 44.8 Å². The van der Waals surface area contributed by atoms with Crippen molar-refractivity contribution in [3.8, 4) is 0 Å². The third-order valence-electron chi connectivity index (χ3n) is 7.11. The van der Waals surface area contributed by atoms with E-state index in [0.717, 1.165) is 19.4 Å². The number of benzene rings is 2. The molecule has 0 spiro atoms. The summed E-state index contributed by atoms with van der Waals surface area (Å²) in [6.45, 7) is 3.44. The molecule has 35 heavy (non-hydrogen) atoms. The van der Waals surface area contributed by atoms with E-state index in [9.17, 15) is 18.0 Å². The molecule has 0 aromatic heterocycles. The Balaban J connectivity index is 1.38. The number of sulfonamides is 1. The molecule has 1 aliphatic heterocycles. The summed E-state index contributed by atoms with van der Waals surface area (Å²) in [5, 5.41) is 3.12. The van der Waals surface area contributed by atoms with Gasteiger partial charge in [0.15, 0.2) is 0 Å². The Morgan fingerprint density at radius 1 is 0.971 bits per heavy atom. The highest BCUT2D eigenvalue weighted by Gasteiger charge is 2.29. The van der Waals surface area contributed by atoms with E-state index in [4.69, 9.17) is 0 Å². The van der Waals surface area contributed by atoms with Crippen molar-refractivity contribution in [3.63, 3.8) is 0 Å². The summed E-state index contributed by atoms with van der Waals surface area (Å²) in [7, 11) is -3.77. The van der Waals surface area contributed by atoms with Crippen LogP contribution in [0.4, 0.5) is 5.69 Å². The fourth-order valence-corrected chi connectivity index (χ4v) is 6.42. The average molecular weight is 498 g/mol. The number of amides is 2. The molecule has 1 atom stereocenters. The lowest BCUT2D eigenvalue weighted by Crippen LogP contribution is -2.46. The van der Waals surface area contributed by atoms with E-state index in [1.54, 1.807) is 60.4 Å². The van der Waals surface area contributed by atoms with Gasteiger partial charge in [0.25, 0.3) is 15.9 Å². The van der Waals surface area contributed by atoms with Gasteiger partial charge in [-0.1, -0.05) is 43.5 Å². The second-order valence-electron chi connectivity index (χ2n) is 9.79. The van der Waals surface area contributed by atoms with Crippen LogP contribution >= 0.6 is 0 Å². The van der Waals surface area contributed by atoms with Crippen LogP contribution in [0.5, 0.6) is 0 Å². The number of carbonyl (C=O) groups excluding carboxylic acids is 2. The summed E-state index contributed by atoms with van der Waals surface area (Å²) in [6, 6.07) is 13.3. The van der Waals surface area contributed by atoms with Crippen LogP contribution in [0.15, 0.2) is 53.4 Å². The second-order valence-corrected chi connectivity index (χ2v) is 11.4. The molecule has 0 radical (unpaired) electrons. The van der Waals surface area contributed by atoms with Gasteiger partial charge in [-0.15, -0.1) is 0 Å². The lowest BCUT2D eigenvalue weighted by molar-refractivity contribution is -0.126. The Labute approximate surface area is 208 Å². The molecule has 1 saturated carbocycles. The van der Waals surface area contributed by atoms with Crippen LogP contribution in [-0.2, 0) is 14.8 Å². The molecule has 188 valence electrons. The van der Waals surface area contributed by atoms with Gasteiger partial charge in [0.1, 0.15) is 0 Å². The van der Waals surface area contributed by atoms with Gasteiger partial charge < -0.3 is 10.2 Å². The third-order valence-corrected chi connectivity index (χ3v) is 8.66. The van der Waals surface area contributed by atoms with Gasteiger partial charge in [-0.2, -0.15) is 0 Å². The maximum atomic E-state index is 13.2. The molecule has 4 rings (SSSR count). The molecular weight excluding hydrogens is 462 g/mol. The molecule has 2 N–H and O–H groups in total. The molecule has 2 fully saturated rings. The van der Waals surface area contributed by atoms with Crippen molar-refractivity contribution < 1.29 is 18.0 Å². The van der Waals surface area contributed by atoms with Crippen molar-refractivity contribution in [1.29, 1.82) is 0 Å². The summed E-state index contributed by atoms with van der Waals surface area (Å²) >= 11 is 0. The molecule has 2 amide bonds. The number of rotatable bonds is 7. The van der Waals surface area contributed by atoms with Gasteiger partial charge in [0.05, 0.1) is 10.8 Å². The molecule has 2 aromatic carbocycles. The molecule has 1 saturated heterocycles. The second kappa shape index (κ2) is 11.2. The average Bonchev–Trinajstić information content (AvgIpc) is 2.87. The minimum atomic E-state index is -3.77. The molecule has 2 aromatic rings. The van der Waals surface area contributed by atoms with E-state index in [0.29, 0.717) is 35.8 Å². The maximum Gasteiger partial charge on any atom is 0.262 e. The number of piperidine rings is 1. The first-order valence-corrected chi connectivity index (χ1v) is 14.1. The van der Waals surface area contributed by atoms with Crippen LogP contribution in [0.25, 0.3) is 0 Å². The molecule has 8 heteroatoms. The topological polar surface area (TPSA) is 95.6 Å². The SMILES string of the molecule is Cc1ccccc1S(=O)(=O)Nc1cccc(C(=O)N2CCCC(C(=O)NCC3CCCCC3)C2)c1. The van der Waals surface area contributed by atoms with E-state index < -0.39 is 10.0 Å². The van der Waals surface area contributed by atoms with Gasteiger partial charge >= 0.3 is 0 Å². The largest absolute Gasteiger partial charge is 0.356 e. The number of nitrogens with zero attached hydrogens (tertiary/aromatic N) is 1. The minimum absolute atomic E-state index is 0.0350. The number of nitrogens with one attached hydrogen (secondary N) is 2. The zero-order valence-corrected chi connectivity index (χ0v) is 21.1. The summed E-state index contributed by atoms with van der Waals surface area (Å²) in [5.74, 6) is 0.207. The molecule has 1 aliphatic carbocycles. The van der Waals surface area contributed by atoms with E-state index in [-0.39, 0.29) is 22.6 Å². The summed E-state index contributed by atoms with van der Waals surface area (Å²) in [5.41, 5.74) is 1.38. The van der Waals surface area contributed by atoms with Crippen LogP contribution in [0.2, 0.25) is 0 Å². The van der Waals surface area contributed by atoms with Crippen LogP contribution < -0.4 is 10.0 Å². The Hall–Kier alpha value is -2.87. The molecule has 1 heterocycles. The van der Waals surface area contributed by atoms with Crippen LogP contribution in [0.1, 0.15) is 60.9 Å². The van der Waals surface area contributed by atoms with Gasteiger partial charge in [-0.05, 0) is 68.4 Å². The van der Waals surface area contributed by atoms with Crippen molar-refractivity contribution >= 4 is 27.5 Å². The molecule has 1 unspecified atom stereocenters. The fourth-order valence-electron chi connectivity index (χ4n) is 5.12. The van der Waals surface area contributed by atoms with Crippen molar-refractivity contribution in [2.45, 2.75) is 56.8 Å². The van der Waals surface area contributed by atoms with Crippen molar-refractivity contribution in [2.24, 2.45) is 11.8 Å². The Kier molecular flexibility index (Phi) is 8.11. The number of likely N-dealkylation sites (tertiary alicyclic amines) is 1. The molecule has 7 nitrogen and oxygen atoms in total. The summed E-state index contributed by atoms with van der Waals surface area (Å²) < 4.78 is 28.3. The Morgan fingerprint density at radius 2 is 1.74 bits per heavy atom. The predicted molar refractivity (Wildman–Crippen MR) is 137 cm³/mol. The number of aryl methyl sites for hydroxylation is 1. The predicted octanol–water partition coefficient (Wildman–Crippen LogP) is 4.34. The van der Waals surface area contributed by atoms with Crippen molar-refractivity contribution in [3.05, 3.63) is 59.7 Å². The summed E-state index contributed by atoms with van der Waals surface area (Å²) in [6.07, 6.45) is 7.68. The number of anilines is 1. The van der Waals surface area contributed by atoms with Gasteiger partial charge in [-0.25, -0.2) is 8.42 Å². The number of carbonyl (C=O) groups is 2. The summed E-state index contributed by atoms with van der Waals surface area (Å²) in [4.78, 5) is 27.9. The lowest BCUT2D eigenvalue weighted by Gasteiger charge is -2.32. The van der Waals surface area contributed by atoms with E-state index in [2.05, 4.69) is 10.0 Å². The zero-order chi connectivity index (χ0) is 24.8. The first kappa shape index (κ1) is 25.2. The molecular formula is C27H35N3O4S. The van der Waals surface area contributed by atoms with E-state index in [1.807, 2.05) is 0 Å². The van der Waals surface area contributed by atoms with Crippen molar-refractivity contribution in [1.82, 2.24) is 10.2 Å².